The molecule has 9 rings (SSSR count). The van der Waals surface area contributed by atoms with Crippen molar-refractivity contribution in [1.29, 1.82) is 0 Å². The third kappa shape index (κ3) is 2.58. The third-order valence-electron chi connectivity index (χ3n) is 8.25. The minimum atomic E-state index is -0.555. The summed E-state index contributed by atoms with van der Waals surface area (Å²) in [4.78, 5) is 16.9. The summed E-state index contributed by atoms with van der Waals surface area (Å²) < 4.78 is 2.40. The smallest absolute Gasteiger partial charge is 0.0937 e. The van der Waals surface area contributed by atoms with Crippen molar-refractivity contribution in [2.24, 2.45) is 0 Å². The quantitative estimate of drug-likeness (QED) is 0.223. The fourth-order valence-electron chi connectivity index (χ4n) is 6.86. The number of rotatable bonds is 1. The lowest BCUT2D eigenvalue weighted by atomic mass is 9.67. The second-order valence-corrected chi connectivity index (χ2v) is 11.1. The summed E-state index contributed by atoms with van der Waals surface area (Å²) in [6, 6.07) is 34.9. The Labute approximate surface area is 229 Å². The number of benzene rings is 3. The van der Waals surface area contributed by atoms with Gasteiger partial charge in [0.15, 0.2) is 0 Å². The Balaban J connectivity index is 1.51. The second-order valence-electron chi connectivity index (χ2n) is 10.0. The maximum atomic E-state index is 4.90. The van der Waals surface area contributed by atoms with E-state index in [9.17, 15) is 0 Å². The standard InChI is InChI=1S/C34H20N4S/c1-3-12-26-21(8-1)22-16-19-35-20-28(22)38(26)27-13-5-15-30-31(27)34(23-9-2-4-14-29(23)39-30)24-10-6-17-36-32(24)33-25(34)11-7-18-37-33/h1-20H. The van der Waals surface area contributed by atoms with Crippen LogP contribution in [-0.2, 0) is 5.41 Å². The first-order valence-electron chi connectivity index (χ1n) is 13.0. The predicted octanol–water partition coefficient (Wildman–Crippen LogP) is 7.80. The van der Waals surface area contributed by atoms with Crippen molar-refractivity contribution in [3.63, 3.8) is 0 Å². The van der Waals surface area contributed by atoms with Crippen LogP contribution in [0.3, 0.4) is 0 Å². The van der Waals surface area contributed by atoms with Crippen molar-refractivity contribution in [1.82, 2.24) is 19.5 Å². The van der Waals surface area contributed by atoms with Crippen LogP contribution in [0.15, 0.2) is 132 Å². The van der Waals surface area contributed by atoms with Crippen molar-refractivity contribution in [3.05, 3.63) is 144 Å². The monoisotopic (exact) mass is 516 g/mol. The molecule has 0 saturated carbocycles. The average molecular weight is 517 g/mol. The Hall–Kier alpha value is -4.74. The number of hydrogen-bond donors (Lipinski definition) is 0. The fourth-order valence-corrected chi connectivity index (χ4v) is 8.08. The molecular formula is C34H20N4S. The van der Waals surface area contributed by atoms with E-state index in [4.69, 9.17) is 9.97 Å². The highest BCUT2D eigenvalue weighted by atomic mass is 32.2. The Morgan fingerprint density at radius 2 is 1.26 bits per heavy atom. The average Bonchev–Trinajstić information content (AvgIpc) is 3.49. The molecule has 182 valence electrons. The third-order valence-corrected chi connectivity index (χ3v) is 9.39. The predicted molar refractivity (Wildman–Crippen MR) is 156 cm³/mol. The van der Waals surface area contributed by atoms with Gasteiger partial charge in [0.05, 0.1) is 39.7 Å². The van der Waals surface area contributed by atoms with E-state index in [-0.39, 0.29) is 0 Å². The zero-order valence-corrected chi connectivity index (χ0v) is 21.6. The Morgan fingerprint density at radius 1 is 0.564 bits per heavy atom. The number of para-hydroxylation sites is 1. The van der Waals surface area contributed by atoms with Gasteiger partial charge in [-0.2, -0.15) is 0 Å². The molecular weight excluding hydrogens is 496 g/mol. The van der Waals surface area contributed by atoms with E-state index in [1.807, 2.05) is 36.5 Å². The van der Waals surface area contributed by atoms with Crippen molar-refractivity contribution in [2.45, 2.75) is 15.2 Å². The number of aromatic nitrogens is 4. The first-order chi connectivity index (χ1) is 19.4. The molecule has 0 amide bonds. The summed E-state index contributed by atoms with van der Waals surface area (Å²) in [5.74, 6) is 0. The lowest BCUT2D eigenvalue weighted by molar-refractivity contribution is 0.713. The van der Waals surface area contributed by atoms with Crippen LogP contribution in [0.2, 0.25) is 0 Å². The second kappa shape index (κ2) is 7.65. The van der Waals surface area contributed by atoms with Gasteiger partial charge in [-0.25, -0.2) is 0 Å². The number of pyridine rings is 3. The molecule has 0 bridgehead atoms. The first kappa shape index (κ1) is 21.2. The SMILES string of the molecule is c1ccc2c(c1)Sc1cccc(-n3c4ccccc4c4ccncc43)c1C21c2cccnc2-c2ncccc21. The zero-order valence-electron chi connectivity index (χ0n) is 20.7. The van der Waals surface area contributed by atoms with Crippen LogP contribution in [-0.4, -0.2) is 19.5 Å². The van der Waals surface area contributed by atoms with Crippen molar-refractivity contribution < 1.29 is 0 Å². The Bertz CT molecular complexity index is 2030. The highest BCUT2D eigenvalue weighted by Crippen LogP contribution is 2.62. The van der Waals surface area contributed by atoms with Gasteiger partial charge >= 0.3 is 0 Å². The fraction of sp³-hybridized carbons (Fsp3) is 0.0294. The van der Waals surface area contributed by atoms with Gasteiger partial charge in [0, 0.05) is 44.7 Å². The number of nitrogens with zero attached hydrogens (tertiary/aromatic N) is 4. The number of hydrogen-bond acceptors (Lipinski definition) is 4. The van der Waals surface area contributed by atoms with Gasteiger partial charge in [0.2, 0.25) is 0 Å². The highest BCUT2D eigenvalue weighted by Gasteiger charge is 2.52. The van der Waals surface area contributed by atoms with E-state index in [1.54, 1.807) is 0 Å². The van der Waals surface area contributed by atoms with Crippen LogP contribution in [0.4, 0.5) is 0 Å². The molecule has 1 spiro atoms. The molecule has 1 aliphatic carbocycles. The molecule has 39 heavy (non-hydrogen) atoms. The lowest BCUT2D eigenvalue weighted by Crippen LogP contribution is -2.33. The summed E-state index contributed by atoms with van der Waals surface area (Å²) in [5.41, 5.74) is 9.68. The molecule has 0 atom stereocenters. The molecule has 0 saturated heterocycles. The maximum Gasteiger partial charge on any atom is 0.0937 e. The van der Waals surface area contributed by atoms with Crippen LogP contribution in [0.1, 0.15) is 22.3 Å². The number of fused-ring (bicyclic) bond motifs is 12. The Kier molecular flexibility index (Phi) is 4.16. The van der Waals surface area contributed by atoms with Crippen molar-refractivity contribution in [3.8, 4) is 17.1 Å². The molecule has 0 unspecified atom stereocenters. The van der Waals surface area contributed by atoms with Gasteiger partial charge in [-0.05, 0) is 59.2 Å². The molecule has 0 fully saturated rings. The molecule has 4 aromatic heterocycles. The van der Waals surface area contributed by atoms with Crippen LogP contribution >= 0.6 is 11.8 Å². The maximum absolute atomic E-state index is 4.90. The molecule has 7 aromatic rings. The molecule has 0 radical (unpaired) electrons. The van der Waals surface area contributed by atoms with Crippen molar-refractivity contribution in [2.75, 3.05) is 0 Å². The van der Waals surface area contributed by atoms with E-state index >= 15 is 0 Å². The van der Waals surface area contributed by atoms with Crippen molar-refractivity contribution >= 4 is 33.6 Å². The largest absolute Gasteiger partial charge is 0.307 e. The summed E-state index contributed by atoms with van der Waals surface area (Å²) in [5, 5.41) is 2.42. The molecule has 2 aliphatic rings. The summed E-state index contributed by atoms with van der Waals surface area (Å²) in [7, 11) is 0. The van der Waals surface area contributed by atoms with Crippen LogP contribution in [0.25, 0.3) is 38.9 Å². The van der Waals surface area contributed by atoms with Gasteiger partial charge in [-0.1, -0.05) is 66.4 Å². The molecule has 5 heterocycles. The van der Waals surface area contributed by atoms with Gasteiger partial charge in [-0.15, -0.1) is 0 Å². The highest BCUT2D eigenvalue weighted by molar-refractivity contribution is 7.99. The van der Waals surface area contributed by atoms with E-state index in [0.717, 1.165) is 22.6 Å². The van der Waals surface area contributed by atoms with Crippen LogP contribution < -0.4 is 0 Å². The Morgan fingerprint density at radius 3 is 2.10 bits per heavy atom. The topological polar surface area (TPSA) is 43.6 Å². The van der Waals surface area contributed by atoms with Gasteiger partial charge in [-0.3, -0.25) is 15.0 Å². The van der Waals surface area contributed by atoms with Crippen LogP contribution in [0, 0.1) is 0 Å². The van der Waals surface area contributed by atoms with E-state index in [2.05, 4.69) is 107 Å². The minimum absolute atomic E-state index is 0.555. The lowest BCUT2D eigenvalue weighted by Gasteiger charge is -2.40. The first-order valence-corrected chi connectivity index (χ1v) is 13.8. The minimum Gasteiger partial charge on any atom is -0.307 e. The summed E-state index contributed by atoms with van der Waals surface area (Å²) >= 11 is 1.85. The van der Waals surface area contributed by atoms with E-state index in [1.165, 1.54) is 48.3 Å². The molecule has 0 N–H and O–H groups in total. The summed E-state index contributed by atoms with van der Waals surface area (Å²) in [6.07, 6.45) is 7.63. The normalized spacial score (nSPS) is 14.3. The van der Waals surface area contributed by atoms with E-state index in [0.29, 0.717) is 0 Å². The molecule has 4 nitrogen and oxygen atoms in total. The van der Waals surface area contributed by atoms with E-state index < -0.39 is 5.41 Å². The summed E-state index contributed by atoms with van der Waals surface area (Å²) in [6.45, 7) is 0. The van der Waals surface area contributed by atoms with Gasteiger partial charge < -0.3 is 4.57 Å². The zero-order chi connectivity index (χ0) is 25.6. The van der Waals surface area contributed by atoms with Gasteiger partial charge in [0.25, 0.3) is 0 Å². The van der Waals surface area contributed by atoms with Crippen LogP contribution in [0.5, 0.6) is 0 Å². The molecule has 1 aliphatic heterocycles. The molecule has 5 heteroatoms. The van der Waals surface area contributed by atoms with Gasteiger partial charge in [0.1, 0.15) is 0 Å². The molecule has 3 aromatic carbocycles.